The predicted octanol–water partition coefficient (Wildman–Crippen LogP) is 4.07. The van der Waals surface area contributed by atoms with Crippen molar-refractivity contribution in [2.45, 2.75) is 51.5 Å². The molecular weight excluding hydrogens is 410 g/mol. The number of aliphatic carboxylic acids is 1. The zero-order valence-corrected chi connectivity index (χ0v) is 18.1. The zero-order valence-electron chi connectivity index (χ0n) is 16.5. The Bertz CT molecular complexity index is 748. The Kier molecular flexibility index (Phi) is 9.63. The first-order valence-electron chi connectivity index (χ1n) is 9.81. The smallest absolute Gasteiger partial charge is 0.329 e. The van der Waals surface area contributed by atoms with E-state index >= 15 is 0 Å². The molecule has 158 valence electrons. The van der Waals surface area contributed by atoms with E-state index in [1.807, 2.05) is 24.3 Å². The number of aliphatic hydroxyl groups excluding tert-OH is 1. The van der Waals surface area contributed by atoms with Crippen molar-refractivity contribution < 1.29 is 24.5 Å². The molecule has 1 heterocycles. The van der Waals surface area contributed by atoms with Gasteiger partial charge in [-0.25, -0.2) is 4.79 Å². The maximum Gasteiger partial charge on any atom is 0.329 e. The van der Waals surface area contributed by atoms with Gasteiger partial charge in [-0.3, -0.25) is 9.69 Å². The van der Waals surface area contributed by atoms with E-state index in [2.05, 4.69) is 6.92 Å². The first-order valence-corrected chi connectivity index (χ1v) is 11.0. The fraction of sp³-hybridized carbons (Fsp3) is 0.476. The van der Waals surface area contributed by atoms with Gasteiger partial charge in [-0.15, -0.1) is 0 Å². The molecule has 1 saturated heterocycles. The van der Waals surface area contributed by atoms with Gasteiger partial charge in [-0.2, -0.15) is 0 Å². The van der Waals surface area contributed by atoms with Gasteiger partial charge in [0, 0.05) is 0 Å². The van der Waals surface area contributed by atoms with Crippen LogP contribution in [0.4, 0.5) is 0 Å². The second-order valence-corrected chi connectivity index (χ2v) is 8.45. The molecule has 0 spiro atoms. The quantitative estimate of drug-likeness (QED) is 0.289. The minimum atomic E-state index is -1.37. The number of amides is 1. The molecule has 1 aliphatic heterocycles. The number of carbonyl (C=O) groups excluding carboxylic acids is 1. The summed E-state index contributed by atoms with van der Waals surface area (Å²) in [6.07, 6.45) is 8.92. The van der Waals surface area contributed by atoms with Gasteiger partial charge in [-0.1, -0.05) is 75.1 Å². The molecule has 2 N–H and O–H groups in total. The van der Waals surface area contributed by atoms with Crippen molar-refractivity contribution >= 4 is 46.3 Å². The molecule has 0 radical (unpaired) electrons. The van der Waals surface area contributed by atoms with Crippen molar-refractivity contribution in [1.82, 2.24) is 4.90 Å². The number of unbranched alkanes of at least 4 members (excludes halogenated alkanes) is 5. The van der Waals surface area contributed by atoms with Gasteiger partial charge in [0.25, 0.3) is 5.91 Å². The fourth-order valence-electron chi connectivity index (χ4n) is 2.90. The molecule has 29 heavy (non-hydrogen) atoms. The van der Waals surface area contributed by atoms with Gasteiger partial charge in [0.2, 0.25) is 0 Å². The number of rotatable bonds is 12. The van der Waals surface area contributed by atoms with Crippen LogP contribution in [0.2, 0.25) is 0 Å². The highest BCUT2D eigenvalue weighted by atomic mass is 32.2. The number of benzene rings is 1. The van der Waals surface area contributed by atoms with Crippen molar-refractivity contribution in [3.05, 3.63) is 34.7 Å². The first-order chi connectivity index (χ1) is 14.0. The standard InChI is InChI=1S/C21H27NO5S2/c1-2-3-4-5-6-7-12-27-16-10-8-15(9-11-16)13-18-19(24)22(21(28)29-18)17(14-23)20(25)26/h8-11,13,17,23H,2-7,12,14H2,1H3,(H,25,26)/b18-13+. The largest absolute Gasteiger partial charge is 0.494 e. The number of carbonyl (C=O) groups is 2. The van der Waals surface area contributed by atoms with Crippen LogP contribution in [-0.4, -0.2) is 50.6 Å². The van der Waals surface area contributed by atoms with E-state index < -0.39 is 24.5 Å². The first kappa shape index (κ1) is 23.4. The molecule has 0 aromatic heterocycles. The Balaban J connectivity index is 1.90. The molecule has 0 aliphatic carbocycles. The Morgan fingerprint density at radius 3 is 2.48 bits per heavy atom. The third-order valence-electron chi connectivity index (χ3n) is 4.54. The number of thiocarbonyl (C=S) groups is 1. The number of carboxylic acid groups (broad SMARTS) is 1. The van der Waals surface area contributed by atoms with Gasteiger partial charge >= 0.3 is 5.97 Å². The summed E-state index contributed by atoms with van der Waals surface area (Å²) >= 11 is 6.15. The highest BCUT2D eigenvalue weighted by Gasteiger charge is 2.40. The molecule has 8 heteroatoms. The molecule has 1 amide bonds. The molecule has 1 aromatic rings. The highest BCUT2D eigenvalue weighted by molar-refractivity contribution is 8.26. The van der Waals surface area contributed by atoms with E-state index in [-0.39, 0.29) is 4.32 Å². The molecule has 2 rings (SSSR count). The maximum absolute atomic E-state index is 12.5. The van der Waals surface area contributed by atoms with Crippen LogP contribution in [0, 0.1) is 0 Å². The normalized spacial score (nSPS) is 16.5. The predicted molar refractivity (Wildman–Crippen MR) is 119 cm³/mol. The summed E-state index contributed by atoms with van der Waals surface area (Å²) in [7, 11) is 0. The van der Waals surface area contributed by atoms with E-state index in [4.69, 9.17) is 22.1 Å². The van der Waals surface area contributed by atoms with Crippen molar-refractivity contribution in [2.75, 3.05) is 13.2 Å². The Morgan fingerprint density at radius 1 is 1.21 bits per heavy atom. The third-order valence-corrected chi connectivity index (χ3v) is 5.87. The molecule has 1 atom stereocenters. The number of thioether (sulfide) groups is 1. The Labute approximate surface area is 180 Å². The number of aliphatic hydroxyl groups is 1. The second kappa shape index (κ2) is 11.9. The number of hydrogen-bond acceptors (Lipinski definition) is 6. The van der Waals surface area contributed by atoms with Crippen LogP contribution in [0.1, 0.15) is 51.0 Å². The lowest BCUT2D eigenvalue weighted by Gasteiger charge is -2.20. The van der Waals surface area contributed by atoms with Crippen LogP contribution < -0.4 is 4.74 Å². The molecule has 1 fully saturated rings. The number of ether oxygens (including phenoxy) is 1. The molecule has 6 nitrogen and oxygen atoms in total. The Morgan fingerprint density at radius 2 is 1.86 bits per heavy atom. The summed E-state index contributed by atoms with van der Waals surface area (Å²) < 4.78 is 5.88. The molecule has 0 bridgehead atoms. The highest BCUT2D eigenvalue weighted by Crippen LogP contribution is 2.34. The van der Waals surface area contributed by atoms with Crippen molar-refractivity contribution in [2.24, 2.45) is 0 Å². The number of hydrogen-bond donors (Lipinski definition) is 2. The molecule has 0 saturated carbocycles. The van der Waals surface area contributed by atoms with Crippen LogP contribution in [0.3, 0.4) is 0 Å². The van der Waals surface area contributed by atoms with Crippen molar-refractivity contribution in [1.29, 1.82) is 0 Å². The summed E-state index contributed by atoms with van der Waals surface area (Å²) in [5.41, 5.74) is 0.785. The third kappa shape index (κ3) is 6.83. The van der Waals surface area contributed by atoms with Crippen LogP contribution in [0.5, 0.6) is 5.75 Å². The second-order valence-electron chi connectivity index (χ2n) is 6.77. The topological polar surface area (TPSA) is 87.1 Å². The SMILES string of the molecule is CCCCCCCCOc1ccc(/C=C2/SC(=S)N(C(CO)C(=O)O)C2=O)cc1. The zero-order chi connectivity index (χ0) is 21.2. The summed E-state index contributed by atoms with van der Waals surface area (Å²) in [6.45, 7) is 2.19. The van der Waals surface area contributed by atoms with E-state index in [0.717, 1.165) is 34.4 Å². The lowest BCUT2D eigenvalue weighted by atomic mass is 10.1. The van der Waals surface area contributed by atoms with Gasteiger partial charge in [0.1, 0.15) is 10.1 Å². The van der Waals surface area contributed by atoms with Crippen molar-refractivity contribution in [3.8, 4) is 5.75 Å². The lowest BCUT2D eigenvalue weighted by Crippen LogP contribution is -2.46. The van der Waals surface area contributed by atoms with E-state index in [1.54, 1.807) is 6.08 Å². The molecule has 1 aromatic carbocycles. The Hall–Kier alpha value is -1.90. The lowest BCUT2D eigenvalue weighted by molar-refractivity contribution is -0.146. The van der Waals surface area contributed by atoms with Crippen LogP contribution in [0.25, 0.3) is 6.08 Å². The summed E-state index contributed by atoms with van der Waals surface area (Å²) in [6, 6.07) is 5.99. The maximum atomic E-state index is 12.5. The molecule has 1 unspecified atom stereocenters. The van der Waals surface area contributed by atoms with Gasteiger partial charge < -0.3 is 14.9 Å². The van der Waals surface area contributed by atoms with E-state index in [0.29, 0.717) is 11.5 Å². The van der Waals surface area contributed by atoms with Gasteiger partial charge in [0.05, 0.1) is 18.1 Å². The summed E-state index contributed by atoms with van der Waals surface area (Å²) in [4.78, 5) is 25.0. The van der Waals surface area contributed by atoms with E-state index in [9.17, 15) is 14.7 Å². The van der Waals surface area contributed by atoms with Gasteiger partial charge in [0.15, 0.2) is 6.04 Å². The molecular formula is C21H27NO5S2. The van der Waals surface area contributed by atoms with Crippen LogP contribution >= 0.6 is 24.0 Å². The molecule has 1 aliphatic rings. The van der Waals surface area contributed by atoms with Crippen LogP contribution in [0.15, 0.2) is 29.2 Å². The minimum Gasteiger partial charge on any atom is -0.494 e. The van der Waals surface area contributed by atoms with Crippen LogP contribution in [-0.2, 0) is 9.59 Å². The number of carboxylic acids is 1. The average Bonchev–Trinajstić information content (AvgIpc) is 2.97. The number of nitrogens with zero attached hydrogens (tertiary/aromatic N) is 1. The fourth-order valence-corrected chi connectivity index (χ4v) is 4.26. The van der Waals surface area contributed by atoms with E-state index in [1.165, 1.54) is 32.1 Å². The minimum absolute atomic E-state index is 0.126. The monoisotopic (exact) mass is 437 g/mol. The van der Waals surface area contributed by atoms with Gasteiger partial charge in [-0.05, 0) is 30.2 Å². The average molecular weight is 438 g/mol. The summed E-state index contributed by atoms with van der Waals surface area (Å²) in [5.74, 6) is -1.03. The summed E-state index contributed by atoms with van der Waals surface area (Å²) in [5, 5.41) is 18.4. The van der Waals surface area contributed by atoms with Crippen molar-refractivity contribution in [3.63, 3.8) is 0 Å².